The third-order valence-corrected chi connectivity index (χ3v) is 8.98. The Bertz CT molecular complexity index is 930. The lowest BCUT2D eigenvalue weighted by Crippen LogP contribution is -2.58. The van der Waals surface area contributed by atoms with E-state index in [1.54, 1.807) is 4.31 Å². The van der Waals surface area contributed by atoms with Crippen LogP contribution in [0.5, 0.6) is 0 Å². The summed E-state index contributed by atoms with van der Waals surface area (Å²) in [6.45, 7) is 5.06. The molecule has 0 aliphatic carbocycles. The van der Waals surface area contributed by atoms with E-state index in [9.17, 15) is 26.4 Å². The largest absolute Gasteiger partial charge is 0.416 e. The molecule has 0 aromatic heterocycles. The highest BCUT2D eigenvalue weighted by molar-refractivity contribution is 7.89. The van der Waals surface area contributed by atoms with E-state index in [1.165, 1.54) is 12.1 Å². The molecule has 2 unspecified atom stereocenters. The van der Waals surface area contributed by atoms with E-state index in [0.29, 0.717) is 37.4 Å². The fraction of sp³-hybridized carbons (Fsp3) is 0.682. The van der Waals surface area contributed by atoms with Crippen molar-refractivity contribution >= 4 is 15.9 Å². The van der Waals surface area contributed by atoms with Crippen LogP contribution in [0.1, 0.15) is 44.2 Å². The second-order valence-electron chi connectivity index (χ2n) is 9.48. The van der Waals surface area contributed by atoms with Gasteiger partial charge in [0.15, 0.2) is 0 Å². The zero-order chi connectivity index (χ0) is 22.6. The lowest BCUT2D eigenvalue weighted by Gasteiger charge is -2.47. The number of rotatable bonds is 5. The Morgan fingerprint density at radius 3 is 2.35 bits per heavy atom. The van der Waals surface area contributed by atoms with Gasteiger partial charge in [-0.25, -0.2) is 12.7 Å². The molecule has 3 heterocycles. The van der Waals surface area contributed by atoms with Crippen molar-refractivity contribution in [1.82, 2.24) is 9.21 Å². The fourth-order valence-corrected chi connectivity index (χ4v) is 7.21. The highest BCUT2D eigenvalue weighted by atomic mass is 32.2. The van der Waals surface area contributed by atoms with E-state index in [2.05, 4.69) is 18.7 Å². The molecule has 0 N–H and O–H groups in total. The number of amides is 1. The van der Waals surface area contributed by atoms with Crippen molar-refractivity contribution in [2.45, 2.75) is 57.8 Å². The summed E-state index contributed by atoms with van der Waals surface area (Å²) in [5, 5.41) is 0. The van der Waals surface area contributed by atoms with Crippen molar-refractivity contribution in [3.05, 3.63) is 35.4 Å². The Kier molecular flexibility index (Phi) is 5.87. The summed E-state index contributed by atoms with van der Waals surface area (Å²) in [7, 11) is -3.54. The van der Waals surface area contributed by atoms with Crippen LogP contribution in [0.4, 0.5) is 13.2 Å². The molecule has 4 atom stereocenters. The third kappa shape index (κ3) is 4.35. The predicted octanol–water partition coefficient (Wildman–Crippen LogP) is 3.55. The first kappa shape index (κ1) is 22.6. The number of carbonyl (C=O) groups is 1. The summed E-state index contributed by atoms with van der Waals surface area (Å²) < 4.78 is 65.9. The number of carbonyl (C=O) groups excluding carboxylic acids is 1. The molecule has 0 saturated carbocycles. The number of piperidine rings is 2. The highest BCUT2D eigenvalue weighted by Gasteiger charge is 2.54. The lowest BCUT2D eigenvalue weighted by molar-refractivity contribution is -0.142. The smallest absolute Gasteiger partial charge is 0.336 e. The highest BCUT2D eigenvalue weighted by Crippen LogP contribution is 2.45. The summed E-state index contributed by atoms with van der Waals surface area (Å²) in [6.07, 6.45) is -2.22. The van der Waals surface area contributed by atoms with E-state index in [0.717, 1.165) is 18.6 Å². The molecule has 1 amide bonds. The van der Waals surface area contributed by atoms with Gasteiger partial charge < -0.3 is 4.90 Å². The molecule has 0 spiro atoms. The average Bonchev–Trinajstić information content (AvgIpc) is 3.10. The first-order valence-electron chi connectivity index (χ1n) is 10.9. The third-order valence-electron chi connectivity index (χ3n) is 7.17. The monoisotopic (exact) mass is 458 g/mol. The average molecular weight is 459 g/mol. The molecule has 3 fully saturated rings. The van der Waals surface area contributed by atoms with Crippen molar-refractivity contribution in [1.29, 1.82) is 0 Å². The van der Waals surface area contributed by atoms with Gasteiger partial charge in [0.1, 0.15) is 0 Å². The number of nitrogens with zero attached hydrogens (tertiary/aromatic N) is 2. The maximum Gasteiger partial charge on any atom is 0.416 e. The molecule has 3 aliphatic heterocycles. The topological polar surface area (TPSA) is 57.7 Å². The first-order valence-corrected chi connectivity index (χ1v) is 12.5. The minimum atomic E-state index is -4.40. The zero-order valence-electron chi connectivity index (χ0n) is 17.8. The van der Waals surface area contributed by atoms with Gasteiger partial charge in [0.2, 0.25) is 15.9 Å². The molecule has 3 aliphatic rings. The van der Waals surface area contributed by atoms with Crippen molar-refractivity contribution in [3.63, 3.8) is 0 Å². The molecule has 1 aromatic rings. The summed E-state index contributed by atoms with van der Waals surface area (Å²) in [5.41, 5.74) is -0.167. The minimum Gasteiger partial charge on any atom is -0.336 e. The number of hydrogen-bond acceptors (Lipinski definition) is 3. The lowest BCUT2D eigenvalue weighted by atomic mass is 9.80. The Hall–Kier alpha value is -1.61. The van der Waals surface area contributed by atoms with E-state index < -0.39 is 21.8 Å². The van der Waals surface area contributed by atoms with Crippen LogP contribution in [0.25, 0.3) is 0 Å². The summed E-state index contributed by atoms with van der Waals surface area (Å²) in [5.74, 6) is 0.704. The molecular weight excluding hydrogens is 429 g/mol. The summed E-state index contributed by atoms with van der Waals surface area (Å²) >= 11 is 0. The van der Waals surface area contributed by atoms with E-state index >= 15 is 0 Å². The van der Waals surface area contributed by atoms with Crippen LogP contribution in [0.2, 0.25) is 0 Å². The van der Waals surface area contributed by atoms with Crippen LogP contribution in [0.15, 0.2) is 24.3 Å². The minimum absolute atomic E-state index is 0.126. The number of hydrogen-bond donors (Lipinski definition) is 0. The van der Waals surface area contributed by atoms with Gasteiger partial charge in [-0.1, -0.05) is 26.0 Å². The molecular formula is C22H29F3N2O3S. The van der Waals surface area contributed by atoms with Crippen LogP contribution in [0, 0.1) is 17.8 Å². The van der Waals surface area contributed by atoms with Gasteiger partial charge in [0.25, 0.3) is 0 Å². The maximum atomic E-state index is 13.1. The Balaban J connectivity index is 1.45. The molecule has 4 rings (SSSR count). The molecule has 9 heteroatoms. The molecule has 0 radical (unpaired) electrons. The second kappa shape index (κ2) is 8.06. The molecule has 31 heavy (non-hydrogen) atoms. The normalized spacial score (nSPS) is 29.5. The second-order valence-corrected chi connectivity index (χ2v) is 11.6. The Labute approximate surface area is 181 Å². The fourth-order valence-electron chi connectivity index (χ4n) is 5.62. The van der Waals surface area contributed by atoms with Crippen LogP contribution >= 0.6 is 0 Å². The molecule has 3 saturated heterocycles. The van der Waals surface area contributed by atoms with Crippen LogP contribution in [-0.2, 0) is 27.4 Å². The van der Waals surface area contributed by atoms with Gasteiger partial charge in [0.05, 0.1) is 11.3 Å². The van der Waals surface area contributed by atoms with Gasteiger partial charge >= 0.3 is 6.18 Å². The number of benzene rings is 1. The summed E-state index contributed by atoms with van der Waals surface area (Å²) in [4.78, 5) is 14.6. The number of alkyl halides is 3. The number of sulfonamides is 1. The van der Waals surface area contributed by atoms with Gasteiger partial charge in [-0.3, -0.25) is 4.79 Å². The number of halogens is 3. The van der Waals surface area contributed by atoms with Crippen molar-refractivity contribution in [2.75, 3.05) is 18.8 Å². The standard InChI is InChI=1S/C22H29F3N2O3S/c1-14(2)19-11-17-13-26(12-16-5-8-20(28)27(19)21(16)17)31(29,30)10-9-15-3-6-18(7-4-15)22(23,24)25/h3-4,6-7,14,16-17,19,21H,5,8-13H2,1-2H3/t16-,17?,19-,21?/m1/s1. The molecule has 1 aromatic carbocycles. The van der Waals surface area contributed by atoms with Crippen LogP contribution < -0.4 is 0 Å². The van der Waals surface area contributed by atoms with E-state index in [4.69, 9.17) is 0 Å². The zero-order valence-corrected chi connectivity index (χ0v) is 18.6. The Morgan fingerprint density at radius 1 is 1.10 bits per heavy atom. The quantitative estimate of drug-likeness (QED) is 0.678. The molecule has 5 nitrogen and oxygen atoms in total. The van der Waals surface area contributed by atoms with Gasteiger partial charge in [0, 0.05) is 31.6 Å². The predicted molar refractivity (Wildman–Crippen MR) is 111 cm³/mol. The molecule has 0 bridgehead atoms. The van der Waals surface area contributed by atoms with Gasteiger partial charge in [-0.2, -0.15) is 13.2 Å². The van der Waals surface area contributed by atoms with Crippen molar-refractivity contribution < 1.29 is 26.4 Å². The van der Waals surface area contributed by atoms with Crippen molar-refractivity contribution in [3.8, 4) is 0 Å². The number of aryl methyl sites for hydroxylation is 1. The van der Waals surface area contributed by atoms with E-state index in [1.807, 2.05) is 0 Å². The maximum absolute atomic E-state index is 13.1. The van der Waals surface area contributed by atoms with Crippen LogP contribution in [-0.4, -0.2) is 54.5 Å². The summed E-state index contributed by atoms with van der Waals surface area (Å²) in [6, 6.07) is 4.98. The van der Waals surface area contributed by atoms with Crippen molar-refractivity contribution in [2.24, 2.45) is 17.8 Å². The van der Waals surface area contributed by atoms with Gasteiger partial charge in [-0.15, -0.1) is 0 Å². The molecule has 172 valence electrons. The van der Waals surface area contributed by atoms with Gasteiger partial charge in [-0.05, 0) is 54.7 Å². The van der Waals surface area contributed by atoms with Crippen LogP contribution in [0.3, 0.4) is 0 Å². The van der Waals surface area contributed by atoms with E-state index in [-0.39, 0.29) is 42.0 Å². The Morgan fingerprint density at radius 2 is 1.74 bits per heavy atom. The SMILES string of the molecule is CC(C)[C@H]1CC2CN(S(=O)(=O)CCc3ccc(C(F)(F)F)cc3)C[C@H]3CCC(=O)N1C23. The first-order chi connectivity index (χ1) is 14.5.